The van der Waals surface area contributed by atoms with E-state index in [-0.39, 0.29) is 23.7 Å². The molecule has 0 radical (unpaired) electrons. The zero-order valence-electron chi connectivity index (χ0n) is 10.5. The van der Waals surface area contributed by atoms with Gasteiger partial charge in [-0.25, -0.2) is 4.79 Å². The van der Waals surface area contributed by atoms with Crippen molar-refractivity contribution in [3.8, 4) is 0 Å². The molecule has 3 unspecified atom stereocenters. The van der Waals surface area contributed by atoms with Gasteiger partial charge in [0.25, 0.3) is 0 Å². The molecule has 2 fully saturated rings. The summed E-state index contributed by atoms with van der Waals surface area (Å²) in [5, 5.41) is 9.15. The van der Waals surface area contributed by atoms with E-state index >= 15 is 0 Å². The smallest absolute Gasteiger partial charge is 0.327 e. The fraction of sp³-hybridized carbons (Fsp3) is 0.833. The van der Waals surface area contributed by atoms with E-state index in [1.165, 1.54) is 4.90 Å². The number of nitrogens with zero attached hydrogens (tertiary/aromatic N) is 1. The quantitative estimate of drug-likeness (QED) is 0.776. The Morgan fingerprint density at radius 1 is 1.50 bits per heavy atom. The minimum Gasteiger partial charge on any atom is -0.480 e. The lowest BCUT2D eigenvalue weighted by atomic mass is 10.1. The monoisotopic (exact) mass is 272 g/mol. The normalized spacial score (nSPS) is 29.3. The predicted octanol–water partition coefficient (Wildman–Crippen LogP) is 0.878. The van der Waals surface area contributed by atoms with Crippen molar-refractivity contribution in [3.63, 3.8) is 0 Å². The number of thioether (sulfide) groups is 1. The van der Waals surface area contributed by atoms with Crippen molar-refractivity contribution in [1.29, 1.82) is 0 Å². The lowest BCUT2D eigenvalue weighted by molar-refractivity contribution is -0.149. The van der Waals surface area contributed by atoms with Crippen LogP contribution in [0.1, 0.15) is 32.6 Å². The van der Waals surface area contributed by atoms with E-state index in [2.05, 4.69) is 0 Å². The Morgan fingerprint density at radius 3 is 2.67 bits per heavy atom. The molecule has 1 amide bonds. The number of carboxylic acids is 1. The average Bonchev–Trinajstić information content (AvgIpc) is 3.07. The maximum absolute atomic E-state index is 12.2. The van der Waals surface area contributed by atoms with Crippen LogP contribution in [0.3, 0.4) is 0 Å². The van der Waals surface area contributed by atoms with Crippen LogP contribution in [-0.2, 0) is 9.59 Å². The molecule has 1 heterocycles. The zero-order valence-corrected chi connectivity index (χ0v) is 11.4. The maximum atomic E-state index is 12.2. The van der Waals surface area contributed by atoms with Crippen molar-refractivity contribution >= 4 is 23.6 Å². The van der Waals surface area contributed by atoms with Gasteiger partial charge in [-0.3, -0.25) is 4.79 Å². The summed E-state index contributed by atoms with van der Waals surface area (Å²) in [6.07, 6.45) is 3.26. The first-order chi connectivity index (χ1) is 8.54. The highest BCUT2D eigenvalue weighted by molar-refractivity contribution is 8.00. The summed E-state index contributed by atoms with van der Waals surface area (Å²) in [5.41, 5.74) is 5.95. The lowest BCUT2D eigenvalue weighted by Gasteiger charge is -2.27. The summed E-state index contributed by atoms with van der Waals surface area (Å²) in [4.78, 5) is 24.9. The Labute approximate surface area is 111 Å². The fourth-order valence-electron chi connectivity index (χ4n) is 2.40. The summed E-state index contributed by atoms with van der Waals surface area (Å²) < 4.78 is 0. The summed E-state index contributed by atoms with van der Waals surface area (Å²) in [6.45, 7) is 1.98. The molecule has 1 aliphatic heterocycles. The number of hydrogen-bond donors (Lipinski definition) is 2. The van der Waals surface area contributed by atoms with Gasteiger partial charge in [0.2, 0.25) is 5.91 Å². The van der Waals surface area contributed by atoms with Crippen LogP contribution in [0.2, 0.25) is 0 Å². The summed E-state index contributed by atoms with van der Waals surface area (Å²) >= 11 is 1.55. The number of nitrogens with two attached hydrogens (primary N) is 1. The minimum atomic E-state index is -0.910. The number of amides is 1. The van der Waals surface area contributed by atoms with Gasteiger partial charge in [0.1, 0.15) is 6.04 Å². The van der Waals surface area contributed by atoms with Crippen LogP contribution < -0.4 is 5.73 Å². The van der Waals surface area contributed by atoms with Crippen molar-refractivity contribution in [2.45, 2.75) is 50.1 Å². The van der Waals surface area contributed by atoms with Gasteiger partial charge >= 0.3 is 5.97 Å². The van der Waals surface area contributed by atoms with Gasteiger partial charge in [0.15, 0.2) is 0 Å². The van der Waals surface area contributed by atoms with Crippen LogP contribution in [0.4, 0.5) is 0 Å². The van der Waals surface area contributed by atoms with Crippen LogP contribution in [0, 0.1) is 5.92 Å². The number of rotatable bonds is 5. The first-order valence-corrected chi connectivity index (χ1v) is 7.50. The highest BCUT2D eigenvalue weighted by Crippen LogP contribution is 2.35. The molecule has 3 atom stereocenters. The highest BCUT2D eigenvalue weighted by atomic mass is 32.2. The molecule has 1 saturated heterocycles. The first-order valence-electron chi connectivity index (χ1n) is 6.45. The third-order valence-electron chi connectivity index (χ3n) is 3.65. The summed E-state index contributed by atoms with van der Waals surface area (Å²) in [7, 11) is 0. The first kappa shape index (κ1) is 13.7. The van der Waals surface area contributed by atoms with Crippen LogP contribution in [0.15, 0.2) is 0 Å². The third kappa shape index (κ3) is 2.80. The molecule has 1 aliphatic carbocycles. The van der Waals surface area contributed by atoms with Crippen LogP contribution in [0.5, 0.6) is 0 Å². The average molecular weight is 272 g/mol. The summed E-state index contributed by atoms with van der Waals surface area (Å²) in [5.74, 6) is -0.0591. The van der Waals surface area contributed by atoms with Gasteiger partial charge in [0.05, 0.1) is 5.37 Å². The van der Waals surface area contributed by atoms with Crippen molar-refractivity contribution in [3.05, 3.63) is 0 Å². The Balaban J connectivity index is 2.01. The molecule has 0 aromatic rings. The van der Waals surface area contributed by atoms with Gasteiger partial charge in [-0.15, -0.1) is 11.8 Å². The predicted molar refractivity (Wildman–Crippen MR) is 70.1 cm³/mol. The molecule has 2 rings (SSSR count). The van der Waals surface area contributed by atoms with Gasteiger partial charge in [0, 0.05) is 18.2 Å². The molecular formula is C12H20N2O3S. The number of aliphatic carboxylic acids is 1. The van der Waals surface area contributed by atoms with Crippen LogP contribution in [-0.4, -0.2) is 45.1 Å². The highest BCUT2D eigenvalue weighted by Gasteiger charge is 2.42. The Hall–Kier alpha value is -0.750. The van der Waals surface area contributed by atoms with Gasteiger partial charge < -0.3 is 15.7 Å². The number of hydrogen-bond acceptors (Lipinski definition) is 4. The Bertz CT molecular complexity index is 346. The van der Waals surface area contributed by atoms with Gasteiger partial charge in [-0.05, 0) is 25.2 Å². The topological polar surface area (TPSA) is 83.6 Å². The number of carbonyl (C=O) groups excluding carboxylic acids is 1. The Morgan fingerprint density at radius 2 is 2.17 bits per heavy atom. The largest absolute Gasteiger partial charge is 0.480 e. The molecule has 3 N–H and O–H groups in total. The maximum Gasteiger partial charge on any atom is 0.327 e. The van der Waals surface area contributed by atoms with E-state index in [1.54, 1.807) is 11.8 Å². The lowest BCUT2D eigenvalue weighted by Crippen LogP contribution is -2.47. The van der Waals surface area contributed by atoms with E-state index in [4.69, 9.17) is 10.8 Å². The molecule has 2 aliphatic rings. The van der Waals surface area contributed by atoms with Crippen LogP contribution in [0.25, 0.3) is 0 Å². The molecule has 0 aromatic carbocycles. The van der Waals surface area contributed by atoms with Crippen molar-refractivity contribution in [1.82, 2.24) is 4.90 Å². The molecule has 6 heteroatoms. The van der Waals surface area contributed by atoms with Gasteiger partial charge in [-0.1, -0.05) is 6.92 Å². The second-order valence-corrected chi connectivity index (χ2v) is 6.27. The SMILES string of the molecule is CCC1SCC(C(=O)O)N1C(=O)CC(N)C1CC1. The molecule has 18 heavy (non-hydrogen) atoms. The second kappa shape index (κ2) is 5.48. The van der Waals surface area contributed by atoms with Crippen molar-refractivity contribution in [2.75, 3.05) is 5.75 Å². The van der Waals surface area contributed by atoms with Gasteiger partial charge in [-0.2, -0.15) is 0 Å². The number of carboxylic acid groups (broad SMARTS) is 1. The van der Waals surface area contributed by atoms with E-state index in [0.29, 0.717) is 11.7 Å². The molecule has 0 spiro atoms. The molecule has 0 aromatic heterocycles. The van der Waals surface area contributed by atoms with E-state index in [9.17, 15) is 9.59 Å². The van der Waals surface area contributed by atoms with Crippen molar-refractivity contribution in [2.24, 2.45) is 11.7 Å². The van der Waals surface area contributed by atoms with Crippen LogP contribution >= 0.6 is 11.8 Å². The molecule has 102 valence electrons. The molecular weight excluding hydrogens is 252 g/mol. The third-order valence-corrected chi connectivity index (χ3v) is 5.11. The molecule has 5 nitrogen and oxygen atoms in total. The van der Waals surface area contributed by atoms with E-state index in [1.807, 2.05) is 6.92 Å². The van der Waals surface area contributed by atoms with E-state index < -0.39 is 12.0 Å². The van der Waals surface area contributed by atoms with Crippen molar-refractivity contribution < 1.29 is 14.7 Å². The second-order valence-electron chi connectivity index (χ2n) is 5.06. The zero-order chi connectivity index (χ0) is 13.3. The van der Waals surface area contributed by atoms with E-state index in [0.717, 1.165) is 19.3 Å². The molecule has 0 bridgehead atoms. The number of carbonyl (C=O) groups is 2. The molecule has 1 saturated carbocycles. The summed E-state index contributed by atoms with van der Waals surface area (Å²) in [6, 6.07) is -0.783. The standard InChI is InChI=1S/C12H20N2O3S/c1-2-11-14(9(6-18-11)12(16)17)10(15)5-8(13)7-3-4-7/h7-9,11H,2-6,13H2,1H3,(H,16,17). The minimum absolute atomic E-state index is 0.00926. The Kier molecular flexibility index (Phi) is 4.17. The fourth-order valence-corrected chi connectivity index (χ4v) is 3.77.